The number of para-hydroxylation sites is 2. The molecular weight excluding hydrogens is 406 g/mol. The predicted octanol–water partition coefficient (Wildman–Crippen LogP) is 4.00. The number of methoxy groups -OCH3 is 1. The Balaban J connectivity index is 1.61. The van der Waals surface area contributed by atoms with Gasteiger partial charge in [0.15, 0.2) is 5.82 Å². The van der Waals surface area contributed by atoms with Crippen molar-refractivity contribution in [3.8, 4) is 22.9 Å². The number of anilines is 1. The van der Waals surface area contributed by atoms with Gasteiger partial charge in [0.25, 0.3) is 5.78 Å². The summed E-state index contributed by atoms with van der Waals surface area (Å²) in [5, 5.41) is 7.56. The number of ether oxygens (including phenoxy) is 2. The molecule has 0 unspecified atom stereocenters. The average Bonchev–Trinajstić information content (AvgIpc) is 3.22. The van der Waals surface area contributed by atoms with Crippen LogP contribution in [-0.2, 0) is 11.2 Å². The summed E-state index contributed by atoms with van der Waals surface area (Å²) in [6.45, 7) is 6.23. The molecule has 0 saturated heterocycles. The molecule has 0 bridgehead atoms. The predicted molar refractivity (Wildman–Crippen MR) is 122 cm³/mol. The third-order valence-electron chi connectivity index (χ3n) is 5.20. The van der Waals surface area contributed by atoms with Crippen LogP contribution < -0.4 is 14.8 Å². The van der Waals surface area contributed by atoms with Gasteiger partial charge in [-0.15, -0.1) is 5.10 Å². The molecule has 2 heterocycles. The molecule has 1 N–H and O–H groups in total. The van der Waals surface area contributed by atoms with Crippen LogP contribution in [-0.4, -0.2) is 39.2 Å². The molecule has 0 aliphatic carbocycles. The van der Waals surface area contributed by atoms with E-state index in [1.165, 1.54) is 0 Å². The van der Waals surface area contributed by atoms with Gasteiger partial charge < -0.3 is 14.8 Å². The number of hydrogen-bond acceptors (Lipinski definition) is 6. The fourth-order valence-corrected chi connectivity index (χ4v) is 3.53. The van der Waals surface area contributed by atoms with Gasteiger partial charge in [-0.3, -0.25) is 4.79 Å². The van der Waals surface area contributed by atoms with Gasteiger partial charge in [-0.1, -0.05) is 12.1 Å². The van der Waals surface area contributed by atoms with E-state index in [2.05, 4.69) is 20.4 Å². The number of carbonyl (C=O) groups is 1. The molecule has 0 fully saturated rings. The maximum atomic E-state index is 12.8. The molecule has 164 valence electrons. The van der Waals surface area contributed by atoms with Gasteiger partial charge in [0.2, 0.25) is 5.91 Å². The molecule has 0 radical (unpaired) electrons. The highest BCUT2D eigenvalue weighted by molar-refractivity contribution is 5.94. The van der Waals surface area contributed by atoms with Crippen LogP contribution in [0.2, 0.25) is 0 Å². The number of nitrogens with zero attached hydrogens (tertiary/aromatic N) is 4. The van der Waals surface area contributed by atoms with E-state index in [4.69, 9.17) is 9.47 Å². The lowest BCUT2D eigenvalue weighted by Crippen LogP contribution is -2.18. The number of carbonyl (C=O) groups excluding carboxylic acids is 1. The minimum Gasteiger partial charge on any atom is -0.497 e. The summed E-state index contributed by atoms with van der Waals surface area (Å²) in [5.74, 6) is 2.32. The van der Waals surface area contributed by atoms with Crippen molar-refractivity contribution in [3.63, 3.8) is 0 Å². The molecule has 4 rings (SSSR count). The molecule has 4 aromatic rings. The lowest BCUT2D eigenvalue weighted by atomic mass is 10.1. The second-order valence-corrected chi connectivity index (χ2v) is 7.29. The molecule has 0 atom stereocenters. The molecule has 8 nitrogen and oxygen atoms in total. The van der Waals surface area contributed by atoms with Crippen LogP contribution in [0.3, 0.4) is 0 Å². The first kappa shape index (κ1) is 21.3. The number of nitrogens with one attached hydrogen (secondary N) is 1. The summed E-state index contributed by atoms with van der Waals surface area (Å²) in [5.41, 5.74) is 3.89. The largest absolute Gasteiger partial charge is 0.497 e. The fourth-order valence-electron chi connectivity index (χ4n) is 3.53. The van der Waals surface area contributed by atoms with E-state index in [0.717, 1.165) is 28.3 Å². The van der Waals surface area contributed by atoms with E-state index in [-0.39, 0.29) is 12.3 Å². The third-order valence-corrected chi connectivity index (χ3v) is 5.20. The van der Waals surface area contributed by atoms with Crippen LogP contribution in [0.4, 0.5) is 5.69 Å². The molecule has 2 aromatic carbocycles. The minimum absolute atomic E-state index is 0.153. The first-order valence-electron chi connectivity index (χ1n) is 10.4. The van der Waals surface area contributed by atoms with E-state index in [1.807, 2.05) is 69.3 Å². The Bertz CT molecular complexity index is 1260. The van der Waals surface area contributed by atoms with Crippen molar-refractivity contribution in [2.45, 2.75) is 27.2 Å². The zero-order valence-electron chi connectivity index (χ0n) is 18.5. The minimum atomic E-state index is -0.153. The number of benzene rings is 2. The highest BCUT2D eigenvalue weighted by Crippen LogP contribution is 2.25. The van der Waals surface area contributed by atoms with Gasteiger partial charge in [0.05, 0.1) is 25.8 Å². The van der Waals surface area contributed by atoms with Crippen LogP contribution in [0.15, 0.2) is 48.5 Å². The van der Waals surface area contributed by atoms with Gasteiger partial charge in [-0.2, -0.15) is 4.98 Å². The van der Waals surface area contributed by atoms with E-state index < -0.39 is 0 Å². The Hall–Kier alpha value is -3.94. The second kappa shape index (κ2) is 9.05. The highest BCUT2D eigenvalue weighted by atomic mass is 16.5. The maximum Gasteiger partial charge on any atom is 0.253 e. The monoisotopic (exact) mass is 431 g/mol. The van der Waals surface area contributed by atoms with Crippen LogP contribution in [0, 0.1) is 13.8 Å². The van der Waals surface area contributed by atoms with Crippen molar-refractivity contribution in [1.29, 1.82) is 0 Å². The Kier molecular flexibility index (Phi) is 6.02. The Morgan fingerprint density at radius 2 is 1.81 bits per heavy atom. The quantitative estimate of drug-likeness (QED) is 0.476. The Morgan fingerprint density at radius 1 is 1.06 bits per heavy atom. The lowest BCUT2D eigenvalue weighted by molar-refractivity contribution is -0.115. The van der Waals surface area contributed by atoms with Gasteiger partial charge >= 0.3 is 0 Å². The van der Waals surface area contributed by atoms with E-state index in [1.54, 1.807) is 11.6 Å². The van der Waals surface area contributed by atoms with Gasteiger partial charge in [-0.05, 0) is 57.2 Å². The van der Waals surface area contributed by atoms with Gasteiger partial charge in [0, 0.05) is 22.5 Å². The molecule has 0 spiro atoms. The SMILES string of the molecule is CCOc1ccccc1NC(=O)Cc1c(C)nc2nc(-c3ccc(OC)cc3)nn2c1C. The van der Waals surface area contributed by atoms with E-state index in [0.29, 0.717) is 29.6 Å². The molecule has 32 heavy (non-hydrogen) atoms. The van der Waals surface area contributed by atoms with Crippen LogP contribution in [0.25, 0.3) is 17.2 Å². The molecular formula is C24H25N5O3. The van der Waals surface area contributed by atoms with Crippen molar-refractivity contribution in [2.75, 3.05) is 19.0 Å². The van der Waals surface area contributed by atoms with Crippen molar-refractivity contribution < 1.29 is 14.3 Å². The van der Waals surface area contributed by atoms with E-state index in [9.17, 15) is 4.79 Å². The van der Waals surface area contributed by atoms with Crippen LogP contribution >= 0.6 is 0 Å². The molecule has 1 amide bonds. The highest BCUT2D eigenvalue weighted by Gasteiger charge is 2.17. The number of aryl methyl sites for hydroxylation is 2. The van der Waals surface area contributed by atoms with Crippen molar-refractivity contribution >= 4 is 17.4 Å². The zero-order chi connectivity index (χ0) is 22.7. The average molecular weight is 431 g/mol. The number of rotatable bonds is 7. The van der Waals surface area contributed by atoms with Gasteiger partial charge in [-0.25, -0.2) is 9.50 Å². The van der Waals surface area contributed by atoms with Gasteiger partial charge in [0.1, 0.15) is 11.5 Å². The summed E-state index contributed by atoms with van der Waals surface area (Å²) in [7, 11) is 1.63. The van der Waals surface area contributed by atoms with E-state index >= 15 is 0 Å². The number of aromatic nitrogens is 4. The van der Waals surface area contributed by atoms with Crippen LogP contribution in [0.5, 0.6) is 11.5 Å². The fraction of sp³-hybridized carbons (Fsp3) is 0.250. The number of hydrogen-bond donors (Lipinski definition) is 1. The van der Waals surface area contributed by atoms with Crippen molar-refractivity contribution in [3.05, 3.63) is 65.5 Å². The normalized spacial score (nSPS) is 10.9. The topological polar surface area (TPSA) is 90.6 Å². The number of amides is 1. The molecule has 0 saturated carbocycles. The zero-order valence-corrected chi connectivity index (χ0v) is 18.5. The Morgan fingerprint density at radius 3 is 2.53 bits per heavy atom. The first-order chi connectivity index (χ1) is 15.5. The molecule has 0 aliphatic heterocycles. The number of fused-ring (bicyclic) bond motifs is 1. The Labute approximate surface area is 186 Å². The third kappa shape index (κ3) is 4.25. The summed E-state index contributed by atoms with van der Waals surface area (Å²) >= 11 is 0. The standard InChI is InChI=1S/C24H25N5O3/c1-5-32-21-9-7-6-8-20(21)26-22(30)14-19-15(2)25-24-27-23(28-29(24)16(19)3)17-10-12-18(31-4)13-11-17/h6-13H,5,14H2,1-4H3,(H,26,30). The molecule has 8 heteroatoms. The summed E-state index contributed by atoms with van der Waals surface area (Å²) in [6, 6.07) is 14.9. The van der Waals surface area contributed by atoms with Crippen LogP contribution in [0.1, 0.15) is 23.9 Å². The summed E-state index contributed by atoms with van der Waals surface area (Å²) in [4.78, 5) is 22.0. The lowest BCUT2D eigenvalue weighted by Gasteiger charge is -2.13. The first-order valence-corrected chi connectivity index (χ1v) is 10.4. The summed E-state index contributed by atoms with van der Waals surface area (Å²) < 4.78 is 12.5. The smallest absolute Gasteiger partial charge is 0.253 e. The summed E-state index contributed by atoms with van der Waals surface area (Å²) in [6.07, 6.45) is 0.165. The molecule has 2 aromatic heterocycles. The van der Waals surface area contributed by atoms with Crippen molar-refractivity contribution in [2.24, 2.45) is 0 Å². The second-order valence-electron chi connectivity index (χ2n) is 7.29. The van der Waals surface area contributed by atoms with Crippen molar-refractivity contribution in [1.82, 2.24) is 19.6 Å². The maximum absolute atomic E-state index is 12.8. The molecule has 0 aliphatic rings.